The van der Waals surface area contributed by atoms with Crippen molar-refractivity contribution in [1.82, 2.24) is 14.9 Å². The summed E-state index contributed by atoms with van der Waals surface area (Å²) in [5.41, 5.74) is 0.324. The zero-order chi connectivity index (χ0) is 15.0. The highest BCUT2D eigenvalue weighted by atomic mass is 16.5. The van der Waals surface area contributed by atoms with E-state index in [4.69, 9.17) is 9.84 Å². The van der Waals surface area contributed by atoms with Crippen LogP contribution in [0.3, 0.4) is 0 Å². The Morgan fingerprint density at radius 2 is 2.14 bits per heavy atom. The SMILES string of the molecule is C[C@@H]1CN(C(=O)c2ccnc(C3CC3)n2)C[C@H](C(=O)O)O1. The van der Waals surface area contributed by atoms with Crippen LogP contribution in [0, 0.1) is 0 Å². The van der Waals surface area contributed by atoms with Crippen LogP contribution in [-0.2, 0) is 9.53 Å². The maximum absolute atomic E-state index is 12.5. The summed E-state index contributed by atoms with van der Waals surface area (Å²) in [6, 6.07) is 1.57. The maximum atomic E-state index is 12.5. The van der Waals surface area contributed by atoms with Crippen LogP contribution < -0.4 is 0 Å². The Kier molecular flexibility index (Phi) is 3.59. The molecule has 1 N–H and O–H groups in total. The Labute approximate surface area is 121 Å². The first-order valence-electron chi connectivity index (χ1n) is 7.05. The standard InChI is InChI=1S/C14H17N3O4/c1-8-6-17(7-11(21-8)14(19)20)13(18)10-4-5-15-12(16-10)9-2-3-9/h4-5,8-9,11H,2-3,6-7H2,1H3,(H,19,20)/t8-,11-/m1/s1. The number of hydrogen-bond donors (Lipinski definition) is 1. The number of aliphatic carboxylic acids is 1. The Hall–Kier alpha value is -2.02. The van der Waals surface area contributed by atoms with Gasteiger partial charge in [0.15, 0.2) is 6.10 Å². The highest BCUT2D eigenvalue weighted by Crippen LogP contribution is 2.37. The molecule has 2 heterocycles. The monoisotopic (exact) mass is 291 g/mol. The number of carboxylic acid groups (broad SMARTS) is 1. The van der Waals surface area contributed by atoms with Crippen LogP contribution in [0.4, 0.5) is 0 Å². The summed E-state index contributed by atoms with van der Waals surface area (Å²) in [7, 11) is 0. The third kappa shape index (κ3) is 3.02. The molecule has 1 aliphatic heterocycles. The van der Waals surface area contributed by atoms with Crippen LogP contribution in [0.2, 0.25) is 0 Å². The Morgan fingerprint density at radius 1 is 1.38 bits per heavy atom. The molecule has 0 bridgehead atoms. The van der Waals surface area contributed by atoms with E-state index < -0.39 is 12.1 Å². The summed E-state index contributed by atoms with van der Waals surface area (Å²) in [4.78, 5) is 33.6. The van der Waals surface area contributed by atoms with Gasteiger partial charge < -0.3 is 14.7 Å². The van der Waals surface area contributed by atoms with Gasteiger partial charge in [-0.15, -0.1) is 0 Å². The molecule has 0 spiro atoms. The molecule has 7 heteroatoms. The third-order valence-electron chi connectivity index (χ3n) is 3.66. The Morgan fingerprint density at radius 3 is 2.81 bits per heavy atom. The molecule has 2 atom stereocenters. The first-order chi connectivity index (χ1) is 10.0. The number of carboxylic acids is 1. The van der Waals surface area contributed by atoms with Crippen LogP contribution in [0.5, 0.6) is 0 Å². The predicted octanol–water partition coefficient (Wildman–Crippen LogP) is 0.668. The lowest BCUT2D eigenvalue weighted by Gasteiger charge is -2.34. The van der Waals surface area contributed by atoms with Gasteiger partial charge in [-0.05, 0) is 25.8 Å². The highest BCUT2D eigenvalue weighted by molar-refractivity contribution is 5.92. The first-order valence-corrected chi connectivity index (χ1v) is 7.05. The van der Waals surface area contributed by atoms with Gasteiger partial charge in [-0.2, -0.15) is 0 Å². The number of nitrogens with zero attached hydrogens (tertiary/aromatic N) is 3. The van der Waals surface area contributed by atoms with Crippen LogP contribution in [0.15, 0.2) is 12.3 Å². The highest BCUT2D eigenvalue weighted by Gasteiger charge is 2.34. The Bertz CT molecular complexity index is 573. The number of rotatable bonds is 3. The summed E-state index contributed by atoms with van der Waals surface area (Å²) >= 11 is 0. The summed E-state index contributed by atoms with van der Waals surface area (Å²) in [5, 5.41) is 9.06. The summed E-state index contributed by atoms with van der Waals surface area (Å²) in [5.74, 6) is -0.244. The molecule has 112 valence electrons. The average molecular weight is 291 g/mol. The van der Waals surface area contributed by atoms with Crippen LogP contribution in [0.25, 0.3) is 0 Å². The zero-order valence-electron chi connectivity index (χ0n) is 11.7. The molecule has 0 unspecified atom stereocenters. The fourth-order valence-electron chi connectivity index (χ4n) is 2.45. The second-order valence-corrected chi connectivity index (χ2v) is 5.56. The van der Waals surface area contributed by atoms with Crippen molar-refractivity contribution in [1.29, 1.82) is 0 Å². The molecule has 1 amide bonds. The predicted molar refractivity (Wildman–Crippen MR) is 71.9 cm³/mol. The minimum absolute atomic E-state index is 0.0429. The largest absolute Gasteiger partial charge is 0.479 e. The summed E-state index contributed by atoms with van der Waals surface area (Å²) in [6.07, 6.45) is 2.42. The average Bonchev–Trinajstić information content (AvgIpc) is 3.30. The zero-order valence-corrected chi connectivity index (χ0v) is 11.7. The quantitative estimate of drug-likeness (QED) is 0.879. The van der Waals surface area contributed by atoms with E-state index in [1.54, 1.807) is 19.2 Å². The van der Waals surface area contributed by atoms with E-state index in [1.807, 2.05) is 0 Å². The van der Waals surface area contributed by atoms with Crippen molar-refractivity contribution in [3.63, 3.8) is 0 Å². The Balaban J connectivity index is 1.77. The van der Waals surface area contributed by atoms with E-state index >= 15 is 0 Å². The molecule has 2 aliphatic rings. The van der Waals surface area contributed by atoms with Crippen LogP contribution in [-0.4, -0.2) is 57.1 Å². The van der Waals surface area contributed by atoms with Crippen molar-refractivity contribution < 1.29 is 19.4 Å². The minimum Gasteiger partial charge on any atom is -0.479 e. The van der Waals surface area contributed by atoms with Gasteiger partial charge in [0.1, 0.15) is 11.5 Å². The fraction of sp³-hybridized carbons (Fsp3) is 0.571. The number of amides is 1. The van der Waals surface area contributed by atoms with Crippen molar-refractivity contribution in [2.75, 3.05) is 13.1 Å². The van der Waals surface area contributed by atoms with Gasteiger partial charge in [-0.25, -0.2) is 14.8 Å². The molecule has 0 aromatic carbocycles. The molecule has 3 rings (SSSR count). The molecule has 1 aromatic heterocycles. The molecule has 2 fully saturated rings. The molecule has 0 radical (unpaired) electrons. The lowest BCUT2D eigenvalue weighted by Crippen LogP contribution is -2.51. The fourth-order valence-corrected chi connectivity index (χ4v) is 2.45. The minimum atomic E-state index is -1.05. The van der Waals surface area contributed by atoms with Crippen LogP contribution >= 0.6 is 0 Å². The van der Waals surface area contributed by atoms with Gasteiger partial charge in [0.2, 0.25) is 0 Å². The lowest BCUT2D eigenvalue weighted by atomic mass is 10.2. The smallest absolute Gasteiger partial charge is 0.334 e. The van der Waals surface area contributed by atoms with Crippen molar-refractivity contribution >= 4 is 11.9 Å². The van der Waals surface area contributed by atoms with Crippen LogP contribution in [0.1, 0.15) is 42.0 Å². The van der Waals surface area contributed by atoms with E-state index in [0.29, 0.717) is 24.0 Å². The molecule has 1 aromatic rings. The number of carbonyl (C=O) groups excluding carboxylic acids is 1. The number of aromatic nitrogens is 2. The number of morpholine rings is 1. The second kappa shape index (κ2) is 5.40. The maximum Gasteiger partial charge on any atom is 0.334 e. The van der Waals surface area contributed by atoms with Gasteiger partial charge in [0, 0.05) is 18.7 Å². The van der Waals surface area contributed by atoms with Crippen molar-refractivity contribution in [2.45, 2.75) is 37.9 Å². The molecule has 1 saturated heterocycles. The van der Waals surface area contributed by atoms with Crippen molar-refractivity contribution in [3.05, 3.63) is 23.8 Å². The molecular weight excluding hydrogens is 274 g/mol. The topological polar surface area (TPSA) is 92.6 Å². The van der Waals surface area contributed by atoms with E-state index in [1.165, 1.54) is 4.90 Å². The molecule has 1 aliphatic carbocycles. The second-order valence-electron chi connectivity index (χ2n) is 5.56. The first kappa shape index (κ1) is 13.9. The summed E-state index contributed by atoms with van der Waals surface area (Å²) in [6.45, 7) is 2.16. The van der Waals surface area contributed by atoms with E-state index in [0.717, 1.165) is 12.8 Å². The molecule has 1 saturated carbocycles. The molecule has 7 nitrogen and oxygen atoms in total. The third-order valence-corrected chi connectivity index (χ3v) is 3.66. The molecular formula is C14H17N3O4. The van der Waals surface area contributed by atoms with Gasteiger partial charge in [-0.3, -0.25) is 4.79 Å². The van der Waals surface area contributed by atoms with E-state index in [-0.39, 0.29) is 18.6 Å². The van der Waals surface area contributed by atoms with Gasteiger partial charge in [0.05, 0.1) is 12.6 Å². The molecule has 21 heavy (non-hydrogen) atoms. The lowest BCUT2D eigenvalue weighted by molar-refractivity contribution is -0.160. The van der Waals surface area contributed by atoms with Gasteiger partial charge in [-0.1, -0.05) is 0 Å². The van der Waals surface area contributed by atoms with Crippen molar-refractivity contribution in [2.24, 2.45) is 0 Å². The van der Waals surface area contributed by atoms with Gasteiger partial charge >= 0.3 is 5.97 Å². The van der Waals surface area contributed by atoms with E-state index in [2.05, 4.69) is 9.97 Å². The number of hydrogen-bond acceptors (Lipinski definition) is 5. The number of ether oxygens (including phenoxy) is 1. The number of carbonyl (C=O) groups is 2. The summed E-state index contributed by atoms with van der Waals surface area (Å²) < 4.78 is 5.31. The normalized spacial score (nSPS) is 25.7. The van der Waals surface area contributed by atoms with Crippen molar-refractivity contribution in [3.8, 4) is 0 Å². The van der Waals surface area contributed by atoms with Gasteiger partial charge in [0.25, 0.3) is 5.91 Å². The van der Waals surface area contributed by atoms with E-state index in [9.17, 15) is 9.59 Å².